The van der Waals surface area contributed by atoms with E-state index < -0.39 is 24.5 Å². The van der Waals surface area contributed by atoms with Crippen LogP contribution in [0.3, 0.4) is 0 Å². The number of hydrogen-bond acceptors (Lipinski definition) is 7. The maximum absolute atomic E-state index is 10.1. The molecule has 2 aromatic heterocycles. The molecule has 9 heteroatoms. The van der Waals surface area contributed by atoms with Gasteiger partial charge in [0, 0.05) is 0 Å². The van der Waals surface area contributed by atoms with Crippen molar-refractivity contribution in [2.45, 2.75) is 36.3 Å². The molecule has 1 aliphatic rings. The van der Waals surface area contributed by atoms with Crippen LogP contribution in [-0.2, 0) is 4.74 Å². The van der Waals surface area contributed by atoms with Crippen LogP contribution < -0.4 is 5.73 Å². The summed E-state index contributed by atoms with van der Waals surface area (Å²) in [7, 11) is 0. The van der Waals surface area contributed by atoms with E-state index in [0.29, 0.717) is 17.0 Å². The van der Waals surface area contributed by atoms with Gasteiger partial charge in [0.25, 0.3) is 0 Å². The molecular weight excluding hydrogens is 329 g/mol. The van der Waals surface area contributed by atoms with Crippen LogP contribution in [-0.4, -0.2) is 64.1 Å². The summed E-state index contributed by atoms with van der Waals surface area (Å²) in [6.45, 7) is 1.59. The van der Waals surface area contributed by atoms with Gasteiger partial charge in [-0.3, -0.25) is 0 Å². The Morgan fingerprint density at radius 2 is 2.20 bits per heavy atom. The fourth-order valence-electron chi connectivity index (χ4n) is 2.37. The van der Waals surface area contributed by atoms with Gasteiger partial charge in [0.1, 0.15) is 0 Å². The van der Waals surface area contributed by atoms with Crippen molar-refractivity contribution in [2.24, 2.45) is 0 Å². The van der Waals surface area contributed by atoms with Crippen molar-refractivity contribution in [2.75, 3.05) is 5.73 Å². The van der Waals surface area contributed by atoms with E-state index in [-0.39, 0.29) is 4.82 Å². The predicted octanol–water partition coefficient (Wildman–Crippen LogP) is -1.26. The number of nitrogens with two attached hydrogens (primary N) is 1. The maximum atomic E-state index is 10.1. The van der Waals surface area contributed by atoms with Gasteiger partial charge in [-0.2, -0.15) is 0 Å². The van der Waals surface area contributed by atoms with Crippen molar-refractivity contribution in [3.8, 4) is 0 Å². The summed E-state index contributed by atoms with van der Waals surface area (Å²) in [6.07, 6.45) is 0.228. The molecule has 1 unspecified atom stereocenters. The van der Waals surface area contributed by atoms with Crippen LogP contribution in [0.1, 0.15) is 13.2 Å². The molecule has 0 aliphatic carbocycles. The Kier molecular flexibility index (Phi) is 3.39. The van der Waals surface area contributed by atoms with Crippen molar-refractivity contribution in [1.82, 2.24) is 19.5 Å². The minimum atomic E-state index is -0.781. The minimum absolute atomic E-state index is 0.268. The summed E-state index contributed by atoms with van der Waals surface area (Å²) < 4.78 is 7.44. The normalized spacial score (nSPS) is 31.8. The van der Waals surface area contributed by atoms with Gasteiger partial charge in [0.15, 0.2) is 0 Å². The first-order valence-electron chi connectivity index (χ1n) is 6.13. The Balaban J connectivity index is 2.02. The van der Waals surface area contributed by atoms with Crippen LogP contribution in [0.2, 0.25) is 4.82 Å². The van der Waals surface area contributed by atoms with Crippen molar-refractivity contribution in [3.63, 3.8) is 0 Å². The number of aromatic nitrogens is 4. The van der Waals surface area contributed by atoms with E-state index in [1.165, 1.54) is 6.33 Å². The number of ether oxygens (including phenoxy) is 1. The third kappa shape index (κ3) is 1.99. The molecule has 0 spiro atoms. The molecule has 20 heavy (non-hydrogen) atoms. The van der Waals surface area contributed by atoms with Crippen LogP contribution in [0.25, 0.3) is 11.2 Å². The summed E-state index contributed by atoms with van der Waals surface area (Å²) in [4.78, 5) is 11.9. The van der Waals surface area contributed by atoms with E-state index >= 15 is 0 Å². The van der Waals surface area contributed by atoms with E-state index in [2.05, 4.69) is 31.0 Å². The van der Waals surface area contributed by atoms with Crippen LogP contribution in [0.5, 0.6) is 0 Å². The molecule has 1 aliphatic heterocycles. The number of imidazole rings is 1. The van der Waals surface area contributed by atoms with E-state index in [0.717, 1.165) is 0 Å². The van der Waals surface area contributed by atoms with Crippen LogP contribution >= 0.6 is 0 Å². The van der Waals surface area contributed by atoms with Crippen molar-refractivity contribution >= 4 is 33.0 Å². The molecule has 3 rings (SSSR count). The van der Waals surface area contributed by atoms with Gasteiger partial charge in [0.2, 0.25) is 0 Å². The van der Waals surface area contributed by atoms with E-state index in [4.69, 9.17) is 10.5 Å². The number of nitrogen functional groups attached to an aromatic ring is 1. The zero-order chi connectivity index (χ0) is 14.4. The number of aliphatic hydroxyl groups is 2. The molecule has 1 fully saturated rings. The first-order chi connectivity index (χ1) is 9.50. The molecule has 0 amide bonds. The number of rotatable bonds is 2. The fourth-order valence-corrected chi connectivity index (χ4v) is 3.18. The molecule has 108 valence electrons. The van der Waals surface area contributed by atoms with Gasteiger partial charge >= 0.3 is 122 Å². The molecule has 8 nitrogen and oxygen atoms in total. The quantitative estimate of drug-likeness (QED) is 0.582. The van der Waals surface area contributed by atoms with Gasteiger partial charge in [-0.05, 0) is 0 Å². The van der Waals surface area contributed by atoms with Crippen LogP contribution in [0.15, 0.2) is 12.7 Å². The first kappa shape index (κ1) is 13.7. The Morgan fingerprint density at radius 3 is 2.85 bits per heavy atom. The molecule has 0 radical (unpaired) electrons. The summed E-state index contributed by atoms with van der Waals surface area (Å²) >= 11 is 2.37. The SMILES string of the molecule is CC(O)[C@H]1O[C@@H](n2cnc3c(N)ncnc32)[C@H]([SeH])[C@@H]1O. The number of aliphatic hydroxyl groups excluding tert-OH is 2. The monoisotopic (exact) mass is 345 g/mol. The molecule has 1 saturated heterocycles. The molecule has 0 aromatic carbocycles. The van der Waals surface area contributed by atoms with Gasteiger partial charge in [0.05, 0.1) is 0 Å². The second-order valence-electron chi connectivity index (χ2n) is 4.80. The summed E-state index contributed by atoms with van der Waals surface area (Å²) in [5, 5.41) is 19.8. The third-order valence-electron chi connectivity index (χ3n) is 3.41. The summed E-state index contributed by atoms with van der Waals surface area (Å²) in [5.74, 6) is 0.293. The van der Waals surface area contributed by atoms with Crippen LogP contribution in [0, 0.1) is 0 Å². The zero-order valence-corrected chi connectivity index (χ0v) is 12.5. The molecule has 3 heterocycles. The molecular formula is C11H15N5O3Se. The van der Waals surface area contributed by atoms with E-state index in [1.807, 2.05) is 0 Å². The molecule has 4 N–H and O–H groups in total. The number of hydrogen-bond donors (Lipinski definition) is 3. The Morgan fingerprint density at radius 1 is 1.45 bits per heavy atom. The van der Waals surface area contributed by atoms with Gasteiger partial charge in [-0.1, -0.05) is 0 Å². The second-order valence-corrected chi connectivity index (χ2v) is 6.05. The molecule has 5 atom stereocenters. The van der Waals surface area contributed by atoms with E-state index in [1.54, 1.807) is 17.8 Å². The van der Waals surface area contributed by atoms with Crippen molar-refractivity contribution in [1.29, 1.82) is 0 Å². The Hall–Kier alpha value is -1.25. The fraction of sp³-hybridized carbons (Fsp3) is 0.545. The Bertz CT molecular complexity index is 634. The zero-order valence-electron chi connectivity index (χ0n) is 10.7. The predicted molar refractivity (Wildman–Crippen MR) is 72.2 cm³/mol. The standard InChI is InChI=1S/C11H15N5O3Se/c1-4(17)7-6(18)8(20)11(19-7)16-3-15-5-9(12)13-2-14-10(5)16/h2-4,6-8,11,17-18,20H,1H3,(H2,12,13,14)/t4?,6-,7-,8-,11-/m1/s1. The van der Waals surface area contributed by atoms with Gasteiger partial charge < -0.3 is 0 Å². The second kappa shape index (κ2) is 4.94. The molecule has 0 bridgehead atoms. The number of anilines is 1. The average Bonchev–Trinajstić information content (AvgIpc) is 2.94. The average molecular weight is 344 g/mol. The number of nitrogens with zero attached hydrogens (tertiary/aromatic N) is 4. The topological polar surface area (TPSA) is 119 Å². The van der Waals surface area contributed by atoms with Crippen LogP contribution in [0.4, 0.5) is 5.82 Å². The summed E-state index contributed by atoms with van der Waals surface area (Å²) in [5.41, 5.74) is 6.77. The van der Waals surface area contributed by atoms with Crippen molar-refractivity contribution in [3.05, 3.63) is 12.7 Å². The van der Waals surface area contributed by atoms with Crippen molar-refractivity contribution < 1.29 is 14.9 Å². The van der Waals surface area contributed by atoms with Gasteiger partial charge in [-0.15, -0.1) is 0 Å². The Labute approximate surface area is 122 Å². The third-order valence-corrected chi connectivity index (χ3v) is 4.59. The summed E-state index contributed by atoms with van der Waals surface area (Å²) in [6, 6.07) is 0. The number of fused-ring (bicyclic) bond motifs is 1. The molecule has 0 saturated carbocycles. The first-order valence-corrected chi connectivity index (χ1v) is 7.21. The van der Waals surface area contributed by atoms with E-state index in [9.17, 15) is 10.2 Å². The van der Waals surface area contributed by atoms with Gasteiger partial charge in [-0.25, -0.2) is 0 Å². The molecule has 2 aromatic rings.